The summed E-state index contributed by atoms with van der Waals surface area (Å²) < 4.78 is 38.7. The minimum Gasteiger partial charge on any atom is -0.494 e. The molecule has 0 aliphatic heterocycles. The van der Waals surface area contributed by atoms with E-state index >= 15 is 0 Å². The van der Waals surface area contributed by atoms with Crippen LogP contribution in [0.5, 0.6) is 11.6 Å². The molecular formula is C24H27N3O5S. The quantitative estimate of drug-likeness (QED) is 0.440. The number of ether oxygens (including phenoxy) is 2. The molecule has 0 saturated carbocycles. The van der Waals surface area contributed by atoms with Gasteiger partial charge in [0.15, 0.2) is 0 Å². The number of rotatable bonds is 11. The molecule has 2 aromatic carbocycles. The van der Waals surface area contributed by atoms with Crippen molar-refractivity contribution in [2.75, 3.05) is 17.9 Å². The molecule has 8 nitrogen and oxygen atoms in total. The number of anilines is 1. The molecule has 174 valence electrons. The van der Waals surface area contributed by atoms with E-state index in [-0.39, 0.29) is 17.3 Å². The van der Waals surface area contributed by atoms with Gasteiger partial charge in [-0.15, -0.1) is 0 Å². The van der Waals surface area contributed by atoms with E-state index in [9.17, 15) is 13.2 Å². The molecule has 3 rings (SSSR count). The lowest BCUT2D eigenvalue weighted by molar-refractivity contribution is 0.0950. The molecule has 1 amide bonds. The highest BCUT2D eigenvalue weighted by Gasteiger charge is 2.15. The number of sulfonamides is 1. The Labute approximate surface area is 194 Å². The number of aromatic nitrogens is 1. The van der Waals surface area contributed by atoms with Crippen molar-refractivity contribution in [2.24, 2.45) is 0 Å². The summed E-state index contributed by atoms with van der Waals surface area (Å²) in [5, 5.41) is 2.83. The summed E-state index contributed by atoms with van der Waals surface area (Å²) in [5.41, 5.74) is 1.53. The van der Waals surface area contributed by atoms with Gasteiger partial charge in [0, 0.05) is 29.6 Å². The first-order valence-corrected chi connectivity index (χ1v) is 12.1. The molecule has 33 heavy (non-hydrogen) atoms. The van der Waals surface area contributed by atoms with Crippen LogP contribution in [0.15, 0.2) is 71.8 Å². The topological polar surface area (TPSA) is 107 Å². The predicted octanol–water partition coefficient (Wildman–Crippen LogP) is 4.00. The Kier molecular flexibility index (Phi) is 8.26. The Hall–Kier alpha value is -3.59. The van der Waals surface area contributed by atoms with Crippen LogP contribution in [-0.2, 0) is 16.6 Å². The highest BCUT2D eigenvalue weighted by molar-refractivity contribution is 7.92. The Morgan fingerprint density at radius 2 is 1.70 bits per heavy atom. The number of hydrogen-bond donors (Lipinski definition) is 2. The number of benzene rings is 2. The fraction of sp³-hybridized carbons (Fsp3) is 0.250. The van der Waals surface area contributed by atoms with Crippen molar-refractivity contribution < 1.29 is 22.7 Å². The molecule has 0 spiro atoms. The molecule has 0 bridgehead atoms. The summed E-state index contributed by atoms with van der Waals surface area (Å²) in [5.74, 6) is 0.807. The highest BCUT2D eigenvalue weighted by Crippen LogP contribution is 2.20. The van der Waals surface area contributed by atoms with Crippen LogP contribution in [0.25, 0.3) is 0 Å². The van der Waals surface area contributed by atoms with Crippen LogP contribution in [0.4, 0.5) is 5.69 Å². The van der Waals surface area contributed by atoms with Gasteiger partial charge in [0.25, 0.3) is 15.9 Å². The first-order valence-electron chi connectivity index (χ1n) is 10.6. The number of hydrogen-bond acceptors (Lipinski definition) is 6. The van der Waals surface area contributed by atoms with Crippen molar-refractivity contribution >= 4 is 21.6 Å². The van der Waals surface area contributed by atoms with Crippen LogP contribution in [-0.4, -0.2) is 32.5 Å². The number of carbonyl (C=O) groups excluding carboxylic acids is 1. The zero-order chi connectivity index (χ0) is 23.7. The van der Waals surface area contributed by atoms with E-state index in [1.165, 1.54) is 12.1 Å². The van der Waals surface area contributed by atoms with Crippen molar-refractivity contribution in [3.8, 4) is 11.6 Å². The maximum Gasteiger partial charge on any atom is 0.261 e. The summed E-state index contributed by atoms with van der Waals surface area (Å²) in [6, 6.07) is 16.0. The maximum absolute atomic E-state index is 12.6. The minimum absolute atomic E-state index is 0.116. The number of carbonyl (C=O) groups is 1. The van der Waals surface area contributed by atoms with Gasteiger partial charge in [-0.3, -0.25) is 9.52 Å². The zero-order valence-corrected chi connectivity index (χ0v) is 19.4. The monoisotopic (exact) mass is 469 g/mol. The van der Waals surface area contributed by atoms with Gasteiger partial charge in [-0.1, -0.05) is 13.0 Å². The third-order valence-corrected chi connectivity index (χ3v) is 5.97. The van der Waals surface area contributed by atoms with Crippen LogP contribution in [0.3, 0.4) is 0 Å². The minimum atomic E-state index is -3.76. The summed E-state index contributed by atoms with van der Waals surface area (Å²) in [6.45, 7) is 5.17. The molecule has 0 atom stereocenters. The van der Waals surface area contributed by atoms with E-state index in [0.29, 0.717) is 36.1 Å². The van der Waals surface area contributed by atoms with Crippen molar-refractivity contribution in [3.63, 3.8) is 0 Å². The lowest BCUT2D eigenvalue weighted by Gasteiger charge is -2.11. The number of nitrogens with one attached hydrogen (secondary N) is 2. The van der Waals surface area contributed by atoms with E-state index in [0.717, 1.165) is 12.0 Å². The van der Waals surface area contributed by atoms with Gasteiger partial charge in [0.05, 0.1) is 18.1 Å². The van der Waals surface area contributed by atoms with Gasteiger partial charge in [-0.05, 0) is 67.9 Å². The van der Waals surface area contributed by atoms with Crippen LogP contribution in [0.2, 0.25) is 0 Å². The van der Waals surface area contributed by atoms with E-state index in [2.05, 4.69) is 15.0 Å². The number of pyridine rings is 1. The molecule has 0 unspecified atom stereocenters. The summed E-state index contributed by atoms with van der Waals surface area (Å²) >= 11 is 0. The Balaban J connectivity index is 1.61. The van der Waals surface area contributed by atoms with Crippen LogP contribution < -0.4 is 19.5 Å². The van der Waals surface area contributed by atoms with Gasteiger partial charge in [-0.25, -0.2) is 13.4 Å². The van der Waals surface area contributed by atoms with Crippen molar-refractivity contribution in [2.45, 2.75) is 31.7 Å². The molecule has 2 N–H and O–H groups in total. The highest BCUT2D eigenvalue weighted by atomic mass is 32.2. The summed E-state index contributed by atoms with van der Waals surface area (Å²) in [7, 11) is -3.76. The van der Waals surface area contributed by atoms with Gasteiger partial charge in [0.1, 0.15) is 5.75 Å². The number of nitrogens with zero attached hydrogens (tertiary/aromatic N) is 1. The normalized spacial score (nSPS) is 11.0. The predicted molar refractivity (Wildman–Crippen MR) is 126 cm³/mol. The lowest BCUT2D eigenvalue weighted by Crippen LogP contribution is -2.23. The molecule has 0 saturated heterocycles. The molecule has 0 radical (unpaired) electrons. The first-order chi connectivity index (χ1) is 15.9. The van der Waals surface area contributed by atoms with Gasteiger partial charge < -0.3 is 14.8 Å². The van der Waals surface area contributed by atoms with Crippen molar-refractivity contribution in [1.82, 2.24) is 10.3 Å². The SMILES string of the molecule is CCCOc1ncccc1CNC(=O)c1ccc(NS(=O)(=O)c2ccc(OCC)cc2)cc1. The average molecular weight is 470 g/mol. The summed E-state index contributed by atoms with van der Waals surface area (Å²) in [4.78, 5) is 16.8. The molecular weight excluding hydrogens is 442 g/mol. The van der Waals surface area contributed by atoms with Crippen LogP contribution in [0, 0.1) is 0 Å². The Morgan fingerprint density at radius 3 is 2.36 bits per heavy atom. The first kappa shape index (κ1) is 24.1. The van der Waals surface area contributed by atoms with E-state index in [4.69, 9.17) is 9.47 Å². The van der Waals surface area contributed by atoms with Gasteiger partial charge >= 0.3 is 0 Å². The molecule has 9 heteroatoms. The molecule has 3 aromatic rings. The smallest absolute Gasteiger partial charge is 0.261 e. The molecule has 0 aliphatic carbocycles. The molecule has 1 aromatic heterocycles. The van der Waals surface area contributed by atoms with Gasteiger partial charge in [0.2, 0.25) is 5.88 Å². The standard InChI is InChI=1S/C24H27N3O5S/c1-3-16-32-24-19(6-5-15-25-24)17-26-23(28)18-7-9-20(10-8-18)27-33(29,30)22-13-11-21(12-14-22)31-4-2/h5-15,27H,3-4,16-17H2,1-2H3,(H,26,28). The van der Waals surface area contributed by atoms with Crippen LogP contribution >= 0.6 is 0 Å². The third kappa shape index (κ3) is 6.69. The second kappa shape index (κ2) is 11.3. The lowest BCUT2D eigenvalue weighted by atomic mass is 10.2. The average Bonchev–Trinajstić information content (AvgIpc) is 2.82. The van der Waals surface area contributed by atoms with Gasteiger partial charge in [-0.2, -0.15) is 0 Å². The maximum atomic E-state index is 12.6. The van der Waals surface area contributed by atoms with Crippen LogP contribution in [0.1, 0.15) is 36.2 Å². The fourth-order valence-electron chi connectivity index (χ4n) is 2.95. The largest absolute Gasteiger partial charge is 0.494 e. The van der Waals surface area contributed by atoms with E-state index < -0.39 is 10.0 Å². The van der Waals surface area contributed by atoms with Crippen molar-refractivity contribution in [1.29, 1.82) is 0 Å². The second-order valence-corrected chi connectivity index (χ2v) is 8.77. The molecule has 0 aliphatic rings. The summed E-state index contributed by atoms with van der Waals surface area (Å²) in [6.07, 6.45) is 2.50. The zero-order valence-electron chi connectivity index (χ0n) is 18.6. The Morgan fingerprint density at radius 1 is 0.970 bits per heavy atom. The van der Waals surface area contributed by atoms with Crippen molar-refractivity contribution in [3.05, 3.63) is 78.0 Å². The molecule has 1 heterocycles. The fourth-order valence-corrected chi connectivity index (χ4v) is 4.01. The second-order valence-electron chi connectivity index (χ2n) is 7.09. The molecule has 0 fully saturated rings. The third-order valence-electron chi connectivity index (χ3n) is 4.58. The number of amides is 1. The van der Waals surface area contributed by atoms with E-state index in [1.807, 2.05) is 19.9 Å². The Bertz CT molecular complexity index is 1160. The van der Waals surface area contributed by atoms with E-state index in [1.54, 1.807) is 48.7 Å².